The minimum absolute atomic E-state index is 0.695. The molecule has 1 aromatic rings. The standard InChI is InChI=1S/C18H26ClN/c1-13(14-6-3-2-4-7-14)20-18-11-16(12-18)15-8-5-9-17(19)10-15/h5,8-10,13-14,16,18,20H,2-4,6-7,11-12H2,1H3. The smallest absolute Gasteiger partial charge is 0.0408 e. The maximum absolute atomic E-state index is 6.08. The molecule has 0 amide bonds. The van der Waals surface area contributed by atoms with Gasteiger partial charge in [-0.2, -0.15) is 0 Å². The number of hydrogen-bond donors (Lipinski definition) is 1. The monoisotopic (exact) mass is 291 g/mol. The van der Waals surface area contributed by atoms with Crippen LogP contribution in [0.1, 0.15) is 63.4 Å². The van der Waals surface area contributed by atoms with Gasteiger partial charge in [0.15, 0.2) is 0 Å². The molecule has 0 saturated heterocycles. The van der Waals surface area contributed by atoms with E-state index in [1.54, 1.807) is 0 Å². The summed E-state index contributed by atoms with van der Waals surface area (Å²) < 4.78 is 0. The average molecular weight is 292 g/mol. The topological polar surface area (TPSA) is 12.0 Å². The Morgan fingerprint density at radius 1 is 1.15 bits per heavy atom. The molecule has 0 bridgehead atoms. The van der Waals surface area contributed by atoms with Gasteiger partial charge in [-0.15, -0.1) is 0 Å². The summed E-state index contributed by atoms with van der Waals surface area (Å²) in [4.78, 5) is 0. The SMILES string of the molecule is CC(NC1CC(c2cccc(Cl)c2)C1)C1CCCCC1. The Bertz CT molecular complexity index is 433. The summed E-state index contributed by atoms with van der Waals surface area (Å²) >= 11 is 6.08. The third-order valence-electron chi connectivity index (χ3n) is 5.31. The largest absolute Gasteiger partial charge is 0.311 e. The molecule has 0 aliphatic heterocycles. The summed E-state index contributed by atoms with van der Waals surface area (Å²) in [6.45, 7) is 2.39. The lowest BCUT2D eigenvalue weighted by atomic mass is 9.75. The minimum atomic E-state index is 0.695. The number of hydrogen-bond acceptors (Lipinski definition) is 1. The zero-order valence-electron chi connectivity index (χ0n) is 12.4. The van der Waals surface area contributed by atoms with E-state index in [0.29, 0.717) is 12.0 Å². The molecular weight excluding hydrogens is 266 g/mol. The quantitative estimate of drug-likeness (QED) is 0.809. The molecule has 2 fully saturated rings. The molecule has 1 atom stereocenters. The minimum Gasteiger partial charge on any atom is -0.311 e. The third-order valence-corrected chi connectivity index (χ3v) is 5.55. The Hall–Kier alpha value is -0.530. The summed E-state index contributed by atoms with van der Waals surface area (Å²) in [5, 5.41) is 4.74. The first-order valence-electron chi connectivity index (χ1n) is 8.24. The summed E-state index contributed by atoms with van der Waals surface area (Å²) in [5.41, 5.74) is 1.42. The van der Waals surface area contributed by atoms with Gasteiger partial charge in [-0.05, 0) is 62.1 Å². The van der Waals surface area contributed by atoms with Gasteiger partial charge >= 0.3 is 0 Å². The number of nitrogens with one attached hydrogen (secondary N) is 1. The molecule has 1 N–H and O–H groups in total. The van der Waals surface area contributed by atoms with Gasteiger partial charge in [0.25, 0.3) is 0 Å². The van der Waals surface area contributed by atoms with Crippen LogP contribution in [-0.4, -0.2) is 12.1 Å². The van der Waals surface area contributed by atoms with Crippen molar-refractivity contribution in [2.75, 3.05) is 0 Å². The molecular formula is C18H26ClN. The van der Waals surface area contributed by atoms with Crippen LogP contribution in [0.3, 0.4) is 0 Å². The van der Waals surface area contributed by atoms with E-state index in [9.17, 15) is 0 Å². The van der Waals surface area contributed by atoms with E-state index < -0.39 is 0 Å². The van der Waals surface area contributed by atoms with Crippen molar-refractivity contribution >= 4 is 11.6 Å². The van der Waals surface area contributed by atoms with Crippen LogP contribution in [0, 0.1) is 5.92 Å². The van der Waals surface area contributed by atoms with Crippen molar-refractivity contribution in [1.82, 2.24) is 5.32 Å². The van der Waals surface area contributed by atoms with Crippen molar-refractivity contribution in [3.63, 3.8) is 0 Å². The normalized spacial score (nSPS) is 28.9. The Balaban J connectivity index is 1.46. The molecule has 0 spiro atoms. The van der Waals surface area contributed by atoms with E-state index in [-0.39, 0.29) is 0 Å². The van der Waals surface area contributed by atoms with Crippen LogP contribution in [0.4, 0.5) is 0 Å². The lowest BCUT2D eigenvalue weighted by Crippen LogP contribution is -2.47. The molecule has 1 unspecified atom stereocenters. The van der Waals surface area contributed by atoms with Crippen molar-refractivity contribution < 1.29 is 0 Å². The molecule has 1 aromatic carbocycles. The maximum atomic E-state index is 6.08. The zero-order chi connectivity index (χ0) is 13.9. The van der Waals surface area contributed by atoms with E-state index in [1.807, 2.05) is 6.07 Å². The fraction of sp³-hybridized carbons (Fsp3) is 0.667. The fourth-order valence-corrected chi connectivity index (χ4v) is 4.13. The van der Waals surface area contributed by atoms with Crippen LogP contribution in [0.15, 0.2) is 24.3 Å². The van der Waals surface area contributed by atoms with Gasteiger partial charge in [-0.3, -0.25) is 0 Å². The second kappa shape index (κ2) is 6.49. The number of benzene rings is 1. The highest BCUT2D eigenvalue weighted by Gasteiger charge is 2.32. The predicted octanol–water partition coefficient (Wildman–Crippen LogP) is 5.14. The summed E-state index contributed by atoms with van der Waals surface area (Å²) in [6, 6.07) is 9.80. The lowest BCUT2D eigenvalue weighted by Gasteiger charge is -2.40. The van der Waals surface area contributed by atoms with Gasteiger partial charge in [-0.1, -0.05) is 43.0 Å². The zero-order valence-corrected chi connectivity index (χ0v) is 13.2. The Labute approximate surface area is 128 Å². The molecule has 20 heavy (non-hydrogen) atoms. The third kappa shape index (κ3) is 3.38. The molecule has 3 rings (SSSR count). The van der Waals surface area contributed by atoms with Crippen molar-refractivity contribution in [3.05, 3.63) is 34.9 Å². The maximum Gasteiger partial charge on any atom is 0.0408 e. The molecule has 2 aliphatic rings. The van der Waals surface area contributed by atoms with Crippen molar-refractivity contribution in [3.8, 4) is 0 Å². The van der Waals surface area contributed by atoms with Crippen molar-refractivity contribution in [1.29, 1.82) is 0 Å². The molecule has 2 aliphatic carbocycles. The van der Waals surface area contributed by atoms with Gasteiger partial charge in [0, 0.05) is 17.1 Å². The highest BCUT2D eigenvalue weighted by molar-refractivity contribution is 6.30. The van der Waals surface area contributed by atoms with Crippen molar-refractivity contribution in [2.45, 2.75) is 69.9 Å². The Morgan fingerprint density at radius 3 is 2.60 bits per heavy atom. The van der Waals surface area contributed by atoms with Crippen LogP contribution in [-0.2, 0) is 0 Å². The summed E-state index contributed by atoms with van der Waals surface area (Å²) in [5.74, 6) is 1.62. The first kappa shape index (κ1) is 14.4. The van der Waals surface area contributed by atoms with Gasteiger partial charge < -0.3 is 5.32 Å². The van der Waals surface area contributed by atoms with Gasteiger partial charge in [0.05, 0.1) is 0 Å². The van der Waals surface area contributed by atoms with Crippen LogP contribution >= 0.6 is 11.6 Å². The summed E-state index contributed by atoms with van der Waals surface area (Å²) in [6.07, 6.45) is 9.73. The molecule has 110 valence electrons. The molecule has 0 radical (unpaired) electrons. The van der Waals surface area contributed by atoms with Crippen LogP contribution in [0.2, 0.25) is 5.02 Å². The van der Waals surface area contributed by atoms with Crippen LogP contribution < -0.4 is 5.32 Å². The fourth-order valence-electron chi connectivity index (χ4n) is 3.93. The second-order valence-electron chi connectivity index (χ2n) is 6.77. The van der Waals surface area contributed by atoms with Crippen LogP contribution in [0.25, 0.3) is 0 Å². The second-order valence-corrected chi connectivity index (χ2v) is 7.21. The first-order valence-corrected chi connectivity index (χ1v) is 8.61. The van der Waals surface area contributed by atoms with E-state index in [2.05, 4.69) is 30.4 Å². The van der Waals surface area contributed by atoms with E-state index in [0.717, 1.165) is 17.0 Å². The lowest BCUT2D eigenvalue weighted by molar-refractivity contribution is 0.211. The number of halogens is 1. The average Bonchev–Trinajstić information content (AvgIpc) is 2.43. The Morgan fingerprint density at radius 2 is 1.90 bits per heavy atom. The molecule has 2 heteroatoms. The van der Waals surface area contributed by atoms with Gasteiger partial charge in [0.2, 0.25) is 0 Å². The first-order chi connectivity index (χ1) is 9.72. The Kier molecular flexibility index (Phi) is 4.68. The molecule has 2 saturated carbocycles. The molecule has 0 aromatic heterocycles. The highest BCUT2D eigenvalue weighted by Crippen LogP contribution is 2.38. The van der Waals surface area contributed by atoms with Gasteiger partial charge in [-0.25, -0.2) is 0 Å². The van der Waals surface area contributed by atoms with Crippen molar-refractivity contribution in [2.24, 2.45) is 5.92 Å². The van der Waals surface area contributed by atoms with E-state index >= 15 is 0 Å². The van der Waals surface area contributed by atoms with E-state index in [4.69, 9.17) is 11.6 Å². The number of rotatable bonds is 4. The van der Waals surface area contributed by atoms with E-state index in [1.165, 1.54) is 50.5 Å². The summed E-state index contributed by atoms with van der Waals surface area (Å²) in [7, 11) is 0. The van der Waals surface area contributed by atoms with Gasteiger partial charge in [0.1, 0.15) is 0 Å². The van der Waals surface area contributed by atoms with Crippen LogP contribution in [0.5, 0.6) is 0 Å². The molecule has 0 heterocycles. The molecule has 1 nitrogen and oxygen atoms in total. The predicted molar refractivity (Wildman–Crippen MR) is 86.4 cm³/mol. The highest BCUT2D eigenvalue weighted by atomic mass is 35.5.